The monoisotopic (exact) mass is 227 g/mol. The molecule has 4 nitrogen and oxygen atoms in total. The molecule has 1 N–H and O–H groups in total. The van der Waals surface area contributed by atoms with Gasteiger partial charge in [0.05, 0.1) is 0 Å². The molecule has 0 aliphatic carbocycles. The van der Waals surface area contributed by atoms with Crippen LogP contribution in [0, 0.1) is 0 Å². The third-order valence-electron chi connectivity index (χ3n) is 1.10. The van der Waals surface area contributed by atoms with E-state index in [9.17, 15) is 13.2 Å². The molecule has 1 aromatic rings. The van der Waals surface area contributed by atoms with E-state index in [1.807, 2.05) is 0 Å². The highest BCUT2D eigenvalue weighted by atomic mass is 35.7. The molecule has 1 heterocycles. The van der Waals surface area contributed by atoms with Crippen LogP contribution in [0.5, 0.6) is 0 Å². The first-order valence-corrected chi connectivity index (χ1v) is 5.43. The van der Waals surface area contributed by atoms with E-state index in [4.69, 9.17) is 22.3 Å². The Morgan fingerprint density at radius 1 is 1.42 bits per heavy atom. The molecular weight excluding hydrogens is 225 g/mol. The van der Waals surface area contributed by atoms with Gasteiger partial charge in [-0.25, -0.2) is 8.42 Å². The lowest BCUT2D eigenvalue weighted by molar-refractivity contribution is 0.606. The van der Waals surface area contributed by atoms with E-state index in [0.29, 0.717) is 0 Å². The minimum atomic E-state index is -3.88. The molecule has 0 aromatic carbocycles. The van der Waals surface area contributed by atoms with Crippen molar-refractivity contribution in [2.45, 2.75) is 5.03 Å². The Hall–Kier alpha value is -0.520. The van der Waals surface area contributed by atoms with Gasteiger partial charge in [0, 0.05) is 22.9 Å². The zero-order valence-corrected chi connectivity index (χ0v) is 7.87. The number of hydrogen-bond acceptors (Lipinski definition) is 3. The Balaban J connectivity index is 3.43. The standard InChI is InChI=1S/C5H3Cl2NO3S/c6-3-2-8-5(1-4(3)9)12(7,10)11/h1-2H,(H,8,9). The smallest absolute Gasteiger partial charge is 0.276 e. The lowest BCUT2D eigenvalue weighted by atomic mass is 10.5. The summed E-state index contributed by atoms with van der Waals surface area (Å²) in [6.45, 7) is 0. The van der Waals surface area contributed by atoms with Gasteiger partial charge in [-0.2, -0.15) is 0 Å². The third kappa shape index (κ3) is 2.00. The SMILES string of the molecule is O=c1cc(S(=O)(=O)Cl)[nH]cc1Cl. The fourth-order valence-corrected chi connectivity index (χ4v) is 1.40. The summed E-state index contributed by atoms with van der Waals surface area (Å²) < 4.78 is 21.3. The fourth-order valence-electron chi connectivity index (χ4n) is 0.576. The summed E-state index contributed by atoms with van der Waals surface area (Å²) in [6.07, 6.45) is 1.07. The number of aromatic nitrogens is 1. The number of pyridine rings is 1. The second-order valence-corrected chi connectivity index (χ2v) is 4.89. The van der Waals surface area contributed by atoms with Crippen LogP contribution in [-0.4, -0.2) is 13.4 Å². The number of rotatable bonds is 1. The maximum Gasteiger partial charge on any atom is 0.276 e. The van der Waals surface area contributed by atoms with Crippen molar-refractivity contribution in [3.8, 4) is 0 Å². The lowest BCUT2D eigenvalue weighted by Crippen LogP contribution is -2.05. The van der Waals surface area contributed by atoms with Crippen molar-refractivity contribution in [1.82, 2.24) is 4.98 Å². The molecule has 0 amide bonds. The molecule has 0 fully saturated rings. The number of nitrogens with one attached hydrogen (secondary N) is 1. The summed E-state index contributed by atoms with van der Waals surface area (Å²) >= 11 is 5.35. The van der Waals surface area contributed by atoms with Crippen LogP contribution in [0.3, 0.4) is 0 Å². The number of hydrogen-bond donors (Lipinski definition) is 1. The Bertz CT molecular complexity index is 450. The van der Waals surface area contributed by atoms with Gasteiger partial charge in [0.1, 0.15) is 5.02 Å². The van der Waals surface area contributed by atoms with E-state index in [2.05, 4.69) is 4.98 Å². The largest absolute Gasteiger partial charge is 0.350 e. The predicted molar refractivity (Wildman–Crippen MR) is 45.1 cm³/mol. The van der Waals surface area contributed by atoms with Crippen molar-refractivity contribution in [2.24, 2.45) is 0 Å². The molecule has 0 spiro atoms. The molecule has 1 rings (SSSR count). The van der Waals surface area contributed by atoms with E-state index in [1.165, 1.54) is 0 Å². The van der Waals surface area contributed by atoms with E-state index in [1.54, 1.807) is 0 Å². The minimum absolute atomic E-state index is 0.0842. The maximum atomic E-state index is 10.8. The van der Waals surface area contributed by atoms with Crippen LogP contribution in [0.2, 0.25) is 5.02 Å². The highest BCUT2D eigenvalue weighted by Gasteiger charge is 2.11. The molecular formula is C5H3Cl2NO3S. The predicted octanol–water partition coefficient (Wildman–Crippen LogP) is 0.956. The number of halogens is 2. The first kappa shape index (κ1) is 9.57. The van der Waals surface area contributed by atoms with Gasteiger partial charge < -0.3 is 4.98 Å². The Labute approximate surface area is 77.5 Å². The molecule has 0 atom stereocenters. The van der Waals surface area contributed by atoms with Crippen LogP contribution >= 0.6 is 22.3 Å². The zero-order valence-electron chi connectivity index (χ0n) is 5.54. The zero-order chi connectivity index (χ0) is 9.35. The summed E-state index contributed by atoms with van der Waals surface area (Å²) in [5.41, 5.74) is -0.588. The summed E-state index contributed by atoms with van der Waals surface area (Å²) in [7, 11) is 1.06. The maximum absolute atomic E-state index is 10.8. The van der Waals surface area contributed by atoms with Gasteiger partial charge in [0.15, 0.2) is 5.03 Å². The quantitative estimate of drug-likeness (QED) is 0.727. The van der Waals surface area contributed by atoms with Crippen molar-refractivity contribution < 1.29 is 8.42 Å². The second kappa shape index (κ2) is 3.08. The van der Waals surface area contributed by atoms with Crippen molar-refractivity contribution in [3.63, 3.8) is 0 Å². The second-order valence-electron chi connectivity index (χ2n) is 1.95. The number of H-pyrrole nitrogens is 1. The first-order valence-electron chi connectivity index (χ1n) is 2.74. The van der Waals surface area contributed by atoms with Crippen molar-refractivity contribution in [1.29, 1.82) is 0 Å². The molecule has 12 heavy (non-hydrogen) atoms. The van der Waals surface area contributed by atoms with E-state index in [0.717, 1.165) is 12.3 Å². The normalized spacial score (nSPS) is 11.5. The van der Waals surface area contributed by atoms with Crippen LogP contribution in [0.25, 0.3) is 0 Å². The molecule has 0 radical (unpaired) electrons. The van der Waals surface area contributed by atoms with E-state index >= 15 is 0 Å². The average Bonchev–Trinajstić information content (AvgIpc) is 1.92. The van der Waals surface area contributed by atoms with Crippen LogP contribution in [0.1, 0.15) is 0 Å². The van der Waals surface area contributed by atoms with Crippen molar-refractivity contribution >= 4 is 31.3 Å². The Morgan fingerprint density at radius 2 is 2.00 bits per heavy atom. The molecule has 0 unspecified atom stereocenters. The fraction of sp³-hybridized carbons (Fsp3) is 0. The van der Waals surface area contributed by atoms with Gasteiger partial charge >= 0.3 is 0 Å². The van der Waals surface area contributed by atoms with Gasteiger partial charge in [-0.1, -0.05) is 11.6 Å². The summed E-state index contributed by atoms with van der Waals surface area (Å²) in [6, 6.07) is 0.824. The summed E-state index contributed by atoms with van der Waals surface area (Å²) in [5.74, 6) is 0. The minimum Gasteiger partial charge on any atom is -0.350 e. The van der Waals surface area contributed by atoms with Crippen LogP contribution < -0.4 is 5.43 Å². The van der Waals surface area contributed by atoms with Gasteiger partial charge in [0.25, 0.3) is 9.05 Å². The molecule has 0 saturated carbocycles. The highest BCUT2D eigenvalue weighted by Crippen LogP contribution is 2.10. The summed E-state index contributed by atoms with van der Waals surface area (Å²) in [5, 5.41) is -0.447. The van der Waals surface area contributed by atoms with Crippen molar-refractivity contribution in [2.75, 3.05) is 0 Å². The molecule has 0 aliphatic rings. The molecule has 0 aliphatic heterocycles. The third-order valence-corrected chi connectivity index (χ3v) is 2.66. The van der Waals surface area contributed by atoms with Crippen molar-refractivity contribution in [3.05, 3.63) is 27.5 Å². The molecule has 7 heteroatoms. The highest BCUT2D eigenvalue weighted by molar-refractivity contribution is 8.13. The van der Waals surface area contributed by atoms with Gasteiger partial charge in [-0.05, 0) is 0 Å². The topological polar surface area (TPSA) is 67.0 Å². The number of aromatic amines is 1. The van der Waals surface area contributed by atoms with E-state index in [-0.39, 0.29) is 10.0 Å². The molecule has 0 bridgehead atoms. The first-order chi connectivity index (χ1) is 5.41. The van der Waals surface area contributed by atoms with Gasteiger partial charge in [-0.3, -0.25) is 4.79 Å². The Kier molecular flexibility index (Phi) is 2.46. The molecule has 1 aromatic heterocycles. The van der Waals surface area contributed by atoms with Crippen LogP contribution in [-0.2, 0) is 9.05 Å². The Morgan fingerprint density at radius 3 is 2.42 bits per heavy atom. The van der Waals surface area contributed by atoms with Gasteiger partial charge in [0.2, 0.25) is 5.43 Å². The summed E-state index contributed by atoms with van der Waals surface area (Å²) in [4.78, 5) is 13.1. The van der Waals surface area contributed by atoms with Crippen LogP contribution in [0.4, 0.5) is 0 Å². The molecule has 0 saturated heterocycles. The molecule has 66 valence electrons. The van der Waals surface area contributed by atoms with Crippen LogP contribution in [0.15, 0.2) is 22.1 Å². The lowest BCUT2D eigenvalue weighted by Gasteiger charge is -1.94. The average molecular weight is 228 g/mol. The van der Waals surface area contributed by atoms with E-state index < -0.39 is 14.5 Å². The van der Waals surface area contributed by atoms with Gasteiger partial charge in [-0.15, -0.1) is 0 Å².